The van der Waals surface area contributed by atoms with Crippen LogP contribution in [-0.2, 0) is 9.53 Å². The summed E-state index contributed by atoms with van der Waals surface area (Å²) in [6, 6.07) is -0.0116. The summed E-state index contributed by atoms with van der Waals surface area (Å²) in [6.45, 7) is 1.92. The number of cyclic esters (lactones) is 1. The van der Waals surface area contributed by atoms with Crippen molar-refractivity contribution in [3.63, 3.8) is 0 Å². The van der Waals surface area contributed by atoms with Crippen LogP contribution in [0.3, 0.4) is 0 Å². The lowest BCUT2D eigenvalue weighted by molar-refractivity contribution is -0.128. The third-order valence-electron chi connectivity index (χ3n) is 2.79. The number of hydrogen-bond acceptors (Lipinski definition) is 3. The Labute approximate surface area is 82.5 Å². The van der Waals surface area contributed by atoms with Crippen molar-refractivity contribution >= 4 is 12.0 Å². The zero-order valence-corrected chi connectivity index (χ0v) is 8.10. The van der Waals surface area contributed by atoms with E-state index in [1.807, 2.05) is 13.0 Å². The molecule has 2 atom stereocenters. The largest absolute Gasteiger partial charge is 0.439 e. The van der Waals surface area contributed by atoms with Gasteiger partial charge in [-0.15, -0.1) is 0 Å². The maximum absolute atomic E-state index is 11.4. The van der Waals surface area contributed by atoms with Crippen molar-refractivity contribution in [1.82, 2.24) is 4.90 Å². The number of imide groups is 1. The second-order valence-electron chi connectivity index (χ2n) is 3.75. The first kappa shape index (κ1) is 9.24. The molecule has 1 saturated heterocycles. The zero-order chi connectivity index (χ0) is 10.1. The highest BCUT2D eigenvalue weighted by Crippen LogP contribution is 2.25. The van der Waals surface area contributed by atoms with Crippen LogP contribution in [0.5, 0.6) is 0 Å². The Kier molecular flexibility index (Phi) is 2.27. The minimum absolute atomic E-state index is 0.0116. The SMILES string of the molecule is C[C@H]1C=CCC[C@H]1N1C(=O)COC1=O. The summed E-state index contributed by atoms with van der Waals surface area (Å²) < 4.78 is 4.69. The first-order valence-electron chi connectivity index (χ1n) is 4.85. The number of rotatable bonds is 1. The third kappa shape index (κ3) is 1.41. The van der Waals surface area contributed by atoms with E-state index in [4.69, 9.17) is 4.74 Å². The van der Waals surface area contributed by atoms with Crippen molar-refractivity contribution in [2.75, 3.05) is 6.61 Å². The van der Waals surface area contributed by atoms with E-state index in [0.717, 1.165) is 12.8 Å². The van der Waals surface area contributed by atoms with Crippen LogP contribution in [0.2, 0.25) is 0 Å². The van der Waals surface area contributed by atoms with Crippen LogP contribution in [0.15, 0.2) is 12.2 Å². The zero-order valence-electron chi connectivity index (χ0n) is 8.10. The Morgan fingerprint density at radius 3 is 2.86 bits per heavy atom. The van der Waals surface area contributed by atoms with Gasteiger partial charge in [-0.1, -0.05) is 19.1 Å². The molecule has 0 aromatic heterocycles. The molecule has 1 fully saturated rings. The quantitative estimate of drug-likeness (QED) is 0.593. The van der Waals surface area contributed by atoms with Crippen LogP contribution in [-0.4, -0.2) is 29.5 Å². The van der Waals surface area contributed by atoms with Crippen molar-refractivity contribution in [3.05, 3.63) is 12.2 Å². The van der Waals surface area contributed by atoms with Gasteiger partial charge in [0.1, 0.15) is 0 Å². The normalized spacial score (nSPS) is 32.2. The molecule has 2 aliphatic rings. The molecule has 0 bridgehead atoms. The average Bonchev–Trinajstić information content (AvgIpc) is 2.48. The van der Waals surface area contributed by atoms with Crippen LogP contribution in [0.25, 0.3) is 0 Å². The molecule has 1 aliphatic carbocycles. The molecule has 1 aliphatic heterocycles. The van der Waals surface area contributed by atoms with Crippen molar-refractivity contribution in [3.8, 4) is 0 Å². The maximum Gasteiger partial charge on any atom is 0.417 e. The van der Waals surface area contributed by atoms with E-state index >= 15 is 0 Å². The number of carbonyl (C=O) groups excluding carboxylic acids is 2. The fourth-order valence-electron chi connectivity index (χ4n) is 2.02. The number of amides is 2. The highest BCUT2D eigenvalue weighted by atomic mass is 16.6. The molecule has 2 rings (SSSR count). The lowest BCUT2D eigenvalue weighted by Crippen LogP contribution is -2.43. The maximum atomic E-state index is 11.4. The first-order valence-corrected chi connectivity index (χ1v) is 4.85. The fraction of sp³-hybridized carbons (Fsp3) is 0.600. The van der Waals surface area contributed by atoms with Crippen LogP contribution in [0, 0.1) is 5.92 Å². The fourth-order valence-corrected chi connectivity index (χ4v) is 2.02. The van der Waals surface area contributed by atoms with E-state index in [-0.39, 0.29) is 24.5 Å². The number of nitrogens with zero attached hydrogens (tertiary/aromatic N) is 1. The van der Waals surface area contributed by atoms with Gasteiger partial charge in [0.05, 0.1) is 0 Å². The summed E-state index contributed by atoms with van der Waals surface area (Å²) in [6.07, 6.45) is 5.42. The third-order valence-corrected chi connectivity index (χ3v) is 2.79. The van der Waals surface area contributed by atoms with E-state index < -0.39 is 6.09 Å². The molecular formula is C10H13NO3. The summed E-state index contributed by atoms with van der Waals surface area (Å²) in [4.78, 5) is 23.9. The molecule has 0 radical (unpaired) electrons. The molecule has 0 aromatic rings. The van der Waals surface area contributed by atoms with Gasteiger partial charge in [-0.25, -0.2) is 9.69 Å². The Bertz CT molecular complexity index is 282. The van der Waals surface area contributed by atoms with Crippen LogP contribution >= 0.6 is 0 Å². The minimum atomic E-state index is -0.484. The highest BCUT2D eigenvalue weighted by molar-refractivity contribution is 5.98. The van der Waals surface area contributed by atoms with Gasteiger partial charge in [0.25, 0.3) is 5.91 Å². The molecule has 0 saturated carbocycles. The average molecular weight is 195 g/mol. The molecule has 0 unspecified atom stereocenters. The molecule has 1 heterocycles. The van der Waals surface area contributed by atoms with Crippen LogP contribution in [0.1, 0.15) is 19.8 Å². The number of hydrogen-bond donors (Lipinski definition) is 0. The summed E-state index contributed by atoms with van der Waals surface area (Å²) in [5.74, 6) is 0.0282. The topological polar surface area (TPSA) is 46.6 Å². The van der Waals surface area contributed by atoms with Crippen LogP contribution in [0.4, 0.5) is 4.79 Å². The molecule has 76 valence electrons. The van der Waals surface area contributed by atoms with E-state index in [1.165, 1.54) is 4.90 Å². The minimum Gasteiger partial charge on any atom is -0.439 e. The molecule has 4 heteroatoms. The predicted octanol–water partition coefficient (Wildman–Crippen LogP) is 1.32. The van der Waals surface area contributed by atoms with Gasteiger partial charge in [0, 0.05) is 6.04 Å². The lowest BCUT2D eigenvalue weighted by atomic mass is 9.91. The number of ether oxygens (including phenoxy) is 1. The Hall–Kier alpha value is -1.32. The molecule has 0 N–H and O–H groups in total. The van der Waals surface area contributed by atoms with Gasteiger partial charge < -0.3 is 4.74 Å². The van der Waals surface area contributed by atoms with Crippen molar-refractivity contribution < 1.29 is 14.3 Å². The van der Waals surface area contributed by atoms with Gasteiger partial charge in [0.15, 0.2) is 6.61 Å². The molecule has 14 heavy (non-hydrogen) atoms. The summed E-state index contributed by atoms with van der Waals surface area (Å²) in [5, 5.41) is 0. The second kappa shape index (κ2) is 3.44. The predicted molar refractivity (Wildman–Crippen MR) is 49.5 cm³/mol. The Morgan fingerprint density at radius 2 is 2.29 bits per heavy atom. The van der Waals surface area contributed by atoms with Crippen molar-refractivity contribution in [2.45, 2.75) is 25.8 Å². The monoisotopic (exact) mass is 195 g/mol. The molecule has 0 aromatic carbocycles. The molecular weight excluding hydrogens is 182 g/mol. The van der Waals surface area contributed by atoms with Crippen molar-refractivity contribution in [1.29, 1.82) is 0 Å². The molecule has 0 spiro atoms. The van der Waals surface area contributed by atoms with Crippen molar-refractivity contribution in [2.24, 2.45) is 5.92 Å². The smallest absolute Gasteiger partial charge is 0.417 e. The van der Waals surface area contributed by atoms with Gasteiger partial charge in [-0.05, 0) is 18.8 Å². The van der Waals surface area contributed by atoms with Gasteiger partial charge in [-0.2, -0.15) is 0 Å². The van der Waals surface area contributed by atoms with E-state index in [1.54, 1.807) is 0 Å². The number of allylic oxidation sites excluding steroid dienone is 1. The van der Waals surface area contributed by atoms with Gasteiger partial charge in [-0.3, -0.25) is 4.79 Å². The van der Waals surface area contributed by atoms with Crippen LogP contribution < -0.4 is 0 Å². The molecule has 2 amide bonds. The second-order valence-corrected chi connectivity index (χ2v) is 3.75. The summed E-state index contributed by atoms with van der Waals surface area (Å²) in [7, 11) is 0. The van der Waals surface area contributed by atoms with E-state index in [9.17, 15) is 9.59 Å². The van der Waals surface area contributed by atoms with Gasteiger partial charge in [0.2, 0.25) is 0 Å². The number of carbonyl (C=O) groups is 2. The highest BCUT2D eigenvalue weighted by Gasteiger charge is 2.39. The lowest BCUT2D eigenvalue weighted by Gasteiger charge is -2.30. The Balaban J connectivity index is 2.17. The summed E-state index contributed by atoms with van der Waals surface area (Å²) >= 11 is 0. The Morgan fingerprint density at radius 1 is 1.50 bits per heavy atom. The summed E-state index contributed by atoms with van der Waals surface area (Å²) in [5.41, 5.74) is 0. The standard InChI is InChI=1S/C10H13NO3/c1-7-4-2-3-5-8(7)11-9(12)6-14-10(11)13/h2,4,7-8H,3,5-6H2,1H3/t7-,8+/m0/s1. The molecule has 4 nitrogen and oxygen atoms in total. The van der Waals surface area contributed by atoms with E-state index in [0.29, 0.717) is 0 Å². The van der Waals surface area contributed by atoms with Gasteiger partial charge >= 0.3 is 6.09 Å². The van der Waals surface area contributed by atoms with E-state index in [2.05, 4.69) is 6.08 Å². The first-order chi connectivity index (χ1) is 6.70.